The first-order valence-corrected chi connectivity index (χ1v) is 8.82. The predicted octanol–water partition coefficient (Wildman–Crippen LogP) is 2.95. The number of phosphoric acid groups is 1. The third kappa shape index (κ3) is 7.08. The van der Waals surface area contributed by atoms with Gasteiger partial charge in [-0.25, -0.2) is 23.9 Å². The van der Waals surface area contributed by atoms with Gasteiger partial charge in [0.1, 0.15) is 6.61 Å². The van der Waals surface area contributed by atoms with Crippen molar-refractivity contribution in [2.75, 3.05) is 20.3 Å². The highest BCUT2D eigenvalue weighted by Crippen LogP contribution is 2.49. The van der Waals surface area contributed by atoms with E-state index >= 15 is 0 Å². The van der Waals surface area contributed by atoms with Crippen LogP contribution in [-0.2, 0) is 25.0 Å². The SMILES string of the molecule is CCOP(=O)(OCC)Oc1ccc(COC(=O)NC(=O)NC)cc1F. The highest BCUT2D eigenvalue weighted by Gasteiger charge is 2.28. The van der Waals surface area contributed by atoms with Gasteiger partial charge in [-0.1, -0.05) is 6.07 Å². The van der Waals surface area contributed by atoms with Crippen LogP contribution in [0.1, 0.15) is 19.4 Å². The highest BCUT2D eigenvalue weighted by atomic mass is 31.2. The minimum atomic E-state index is -3.91. The van der Waals surface area contributed by atoms with E-state index in [-0.39, 0.29) is 25.6 Å². The number of phosphoric ester groups is 1. The largest absolute Gasteiger partial charge is 0.530 e. The van der Waals surface area contributed by atoms with Crippen molar-refractivity contribution < 1.29 is 36.9 Å². The van der Waals surface area contributed by atoms with Crippen molar-refractivity contribution in [2.24, 2.45) is 0 Å². The number of halogens is 1. The van der Waals surface area contributed by atoms with Gasteiger partial charge >= 0.3 is 19.9 Å². The van der Waals surface area contributed by atoms with E-state index in [4.69, 9.17) is 18.3 Å². The van der Waals surface area contributed by atoms with E-state index in [1.165, 1.54) is 19.2 Å². The Balaban J connectivity index is 2.72. The predicted molar refractivity (Wildman–Crippen MR) is 85.7 cm³/mol. The summed E-state index contributed by atoms with van der Waals surface area (Å²) in [5, 5.41) is 4.06. The van der Waals surface area contributed by atoms with Crippen molar-refractivity contribution in [3.63, 3.8) is 0 Å². The molecule has 0 aliphatic carbocycles. The first-order chi connectivity index (χ1) is 11.8. The number of carbonyl (C=O) groups is 2. The maximum atomic E-state index is 14.1. The van der Waals surface area contributed by atoms with Crippen LogP contribution < -0.4 is 15.2 Å². The molecule has 0 aliphatic rings. The van der Waals surface area contributed by atoms with Gasteiger partial charge in [-0.3, -0.25) is 9.05 Å². The van der Waals surface area contributed by atoms with Gasteiger partial charge in [-0.2, -0.15) is 0 Å². The average Bonchev–Trinajstić information content (AvgIpc) is 2.55. The number of urea groups is 1. The fraction of sp³-hybridized carbons (Fsp3) is 0.429. The quantitative estimate of drug-likeness (QED) is 0.669. The molecule has 1 rings (SSSR count). The lowest BCUT2D eigenvalue weighted by molar-refractivity contribution is 0.140. The van der Waals surface area contributed by atoms with Crippen molar-refractivity contribution in [3.05, 3.63) is 29.6 Å². The third-order valence-corrected chi connectivity index (χ3v) is 4.16. The highest BCUT2D eigenvalue weighted by molar-refractivity contribution is 7.48. The topological polar surface area (TPSA) is 112 Å². The molecule has 0 spiro atoms. The lowest BCUT2D eigenvalue weighted by Crippen LogP contribution is -2.37. The molecular weight excluding hydrogens is 358 g/mol. The van der Waals surface area contributed by atoms with E-state index < -0.39 is 25.8 Å². The number of nitrogens with one attached hydrogen (secondary N) is 2. The van der Waals surface area contributed by atoms with Crippen LogP contribution >= 0.6 is 7.82 Å². The molecule has 0 heterocycles. The Bertz CT molecular complexity index is 646. The number of benzene rings is 1. The zero-order valence-corrected chi connectivity index (χ0v) is 14.9. The Morgan fingerprint density at radius 3 is 2.36 bits per heavy atom. The molecule has 2 N–H and O–H groups in total. The molecule has 0 bridgehead atoms. The van der Waals surface area contributed by atoms with Gasteiger partial charge in [0.2, 0.25) is 0 Å². The molecule has 0 unspecified atom stereocenters. The molecule has 11 heteroatoms. The fourth-order valence-electron chi connectivity index (χ4n) is 1.57. The van der Waals surface area contributed by atoms with Crippen LogP contribution in [0.5, 0.6) is 5.75 Å². The molecular formula is C14H20FN2O7P. The van der Waals surface area contributed by atoms with E-state index in [0.717, 1.165) is 6.07 Å². The van der Waals surface area contributed by atoms with Crippen molar-refractivity contribution >= 4 is 19.9 Å². The molecule has 25 heavy (non-hydrogen) atoms. The number of rotatable bonds is 8. The summed E-state index contributed by atoms with van der Waals surface area (Å²) in [5.74, 6) is -1.17. The lowest BCUT2D eigenvalue weighted by atomic mass is 10.2. The fourth-order valence-corrected chi connectivity index (χ4v) is 2.78. The van der Waals surface area contributed by atoms with Gasteiger partial charge in [0.15, 0.2) is 11.6 Å². The van der Waals surface area contributed by atoms with Gasteiger partial charge in [0.05, 0.1) is 13.2 Å². The summed E-state index contributed by atoms with van der Waals surface area (Å²) in [6, 6.07) is 2.90. The standard InChI is InChI=1S/C14H20FN2O7P/c1-4-22-25(20,23-5-2)24-12-7-6-10(8-11(12)15)9-21-14(19)17-13(18)16-3/h6-8H,4-5,9H2,1-3H3,(H2,16,17,18,19). The second-order valence-corrected chi connectivity index (χ2v) is 6.01. The van der Waals surface area contributed by atoms with Gasteiger partial charge in [0.25, 0.3) is 0 Å². The molecule has 0 saturated carbocycles. The van der Waals surface area contributed by atoms with Crippen LogP contribution in [0.3, 0.4) is 0 Å². The summed E-state index contributed by atoms with van der Waals surface area (Å²) < 4.78 is 45.9. The summed E-state index contributed by atoms with van der Waals surface area (Å²) in [4.78, 5) is 22.2. The summed E-state index contributed by atoms with van der Waals surface area (Å²) in [7, 11) is -2.58. The van der Waals surface area contributed by atoms with Crippen molar-refractivity contribution in [3.8, 4) is 5.75 Å². The number of alkyl carbamates (subject to hydrolysis) is 1. The Labute approximate surface area is 144 Å². The third-order valence-electron chi connectivity index (χ3n) is 2.59. The zero-order valence-electron chi connectivity index (χ0n) is 14.0. The van der Waals surface area contributed by atoms with E-state index in [0.29, 0.717) is 5.56 Å². The monoisotopic (exact) mass is 378 g/mol. The molecule has 9 nitrogen and oxygen atoms in total. The molecule has 140 valence electrons. The van der Waals surface area contributed by atoms with Crippen molar-refractivity contribution in [1.82, 2.24) is 10.6 Å². The molecule has 0 aromatic heterocycles. The van der Waals surface area contributed by atoms with Crippen LogP contribution in [-0.4, -0.2) is 32.4 Å². The van der Waals surface area contributed by atoms with E-state index in [1.807, 2.05) is 5.32 Å². The Morgan fingerprint density at radius 2 is 1.84 bits per heavy atom. The van der Waals surface area contributed by atoms with Gasteiger partial charge in [0, 0.05) is 7.05 Å². The molecule has 0 saturated heterocycles. The van der Waals surface area contributed by atoms with Crippen LogP contribution in [0.25, 0.3) is 0 Å². The number of hydrogen-bond donors (Lipinski definition) is 2. The number of amides is 3. The van der Waals surface area contributed by atoms with Crippen molar-refractivity contribution in [1.29, 1.82) is 0 Å². The maximum absolute atomic E-state index is 14.1. The molecule has 3 amide bonds. The van der Waals surface area contributed by atoms with Gasteiger partial charge in [-0.05, 0) is 31.5 Å². The summed E-state index contributed by atoms with van der Waals surface area (Å²) in [6.07, 6.45) is -0.989. The number of ether oxygens (including phenoxy) is 1. The van der Waals surface area contributed by atoms with Crippen LogP contribution in [0, 0.1) is 5.82 Å². The Kier molecular flexibility index (Phi) is 8.33. The number of imide groups is 1. The minimum Gasteiger partial charge on any atom is -0.444 e. The maximum Gasteiger partial charge on any atom is 0.530 e. The normalized spacial score (nSPS) is 10.9. The van der Waals surface area contributed by atoms with Crippen LogP contribution in [0.15, 0.2) is 18.2 Å². The average molecular weight is 378 g/mol. The molecule has 0 atom stereocenters. The number of carbonyl (C=O) groups excluding carboxylic acids is 2. The zero-order chi connectivity index (χ0) is 18.9. The van der Waals surface area contributed by atoms with Crippen LogP contribution in [0.2, 0.25) is 0 Å². The summed E-state index contributed by atoms with van der Waals surface area (Å²) >= 11 is 0. The summed E-state index contributed by atoms with van der Waals surface area (Å²) in [6.45, 7) is 3.02. The van der Waals surface area contributed by atoms with Gasteiger partial charge < -0.3 is 14.6 Å². The first kappa shape index (κ1) is 20.9. The lowest BCUT2D eigenvalue weighted by Gasteiger charge is -2.17. The van der Waals surface area contributed by atoms with E-state index in [1.54, 1.807) is 13.8 Å². The molecule has 1 aromatic rings. The van der Waals surface area contributed by atoms with Crippen molar-refractivity contribution in [2.45, 2.75) is 20.5 Å². The smallest absolute Gasteiger partial charge is 0.444 e. The first-order valence-electron chi connectivity index (χ1n) is 7.36. The van der Waals surface area contributed by atoms with Gasteiger partial charge in [-0.15, -0.1) is 0 Å². The number of hydrogen-bond acceptors (Lipinski definition) is 7. The Hall–Kier alpha value is -2.16. The van der Waals surface area contributed by atoms with E-state index in [9.17, 15) is 18.5 Å². The molecule has 0 fully saturated rings. The molecule has 0 aliphatic heterocycles. The Morgan fingerprint density at radius 1 is 1.20 bits per heavy atom. The molecule has 1 aromatic carbocycles. The molecule has 0 radical (unpaired) electrons. The summed E-state index contributed by atoms with van der Waals surface area (Å²) in [5.41, 5.74) is 0.291. The second kappa shape index (κ2) is 9.97. The van der Waals surface area contributed by atoms with Crippen LogP contribution in [0.4, 0.5) is 14.0 Å². The van der Waals surface area contributed by atoms with E-state index in [2.05, 4.69) is 5.32 Å². The minimum absolute atomic E-state index is 0.0608. The second-order valence-electron chi connectivity index (χ2n) is 4.42.